The van der Waals surface area contributed by atoms with E-state index < -0.39 is 6.09 Å². The molecule has 5 nitrogen and oxygen atoms in total. The first-order chi connectivity index (χ1) is 7.77. The highest BCUT2D eigenvalue weighted by atomic mass is 32.1. The van der Waals surface area contributed by atoms with Crippen molar-refractivity contribution in [1.29, 1.82) is 0 Å². The fourth-order valence-electron chi connectivity index (χ4n) is 1.83. The van der Waals surface area contributed by atoms with Gasteiger partial charge in [0.05, 0.1) is 23.9 Å². The molecule has 1 unspecified atom stereocenters. The number of thiazole rings is 1. The van der Waals surface area contributed by atoms with Crippen LogP contribution in [0.4, 0.5) is 4.79 Å². The molecule has 1 aromatic heterocycles. The van der Waals surface area contributed by atoms with Crippen molar-refractivity contribution in [2.24, 2.45) is 0 Å². The molecule has 0 radical (unpaired) electrons. The zero-order chi connectivity index (χ0) is 11.4. The van der Waals surface area contributed by atoms with Crippen LogP contribution < -0.4 is 0 Å². The fraction of sp³-hybridized carbons (Fsp3) is 0.600. The van der Waals surface area contributed by atoms with Crippen LogP contribution in [0.15, 0.2) is 10.9 Å². The minimum Gasteiger partial charge on any atom is -0.465 e. The molecule has 1 fully saturated rings. The number of hydrogen-bond acceptors (Lipinski definition) is 4. The number of amides is 1. The number of hydrogen-bond donors (Lipinski definition) is 1. The minimum atomic E-state index is -0.870. The number of carboxylic acid groups (broad SMARTS) is 1. The Morgan fingerprint density at radius 2 is 2.62 bits per heavy atom. The summed E-state index contributed by atoms with van der Waals surface area (Å²) in [5.41, 5.74) is 2.70. The van der Waals surface area contributed by atoms with Crippen LogP contribution >= 0.6 is 11.3 Å². The highest BCUT2D eigenvalue weighted by Gasteiger charge is 2.26. The van der Waals surface area contributed by atoms with Crippen molar-refractivity contribution in [1.82, 2.24) is 9.88 Å². The summed E-state index contributed by atoms with van der Waals surface area (Å²) in [4.78, 5) is 16.7. The van der Waals surface area contributed by atoms with Crippen LogP contribution in [0.5, 0.6) is 0 Å². The summed E-state index contributed by atoms with van der Waals surface area (Å²) >= 11 is 1.53. The van der Waals surface area contributed by atoms with Crippen LogP contribution in [-0.2, 0) is 11.2 Å². The molecule has 2 rings (SSSR count). The molecule has 0 aromatic carbocycles. The summed E-state index contributed by atoms with van der Waals surface area (Å²) in [7, 11) is 0. The van der Waals surface area contributed by atoms with E-state index in [4.69, 9.17) is 9.84 Å². The summed E-state index contributed by atoms with van der Waals surface area (Å²) in [6.45, 7) is 1.64. The maximum absolute atomic E-state index is 11.1. The zero-order valence-electron chi connectivity index (χ0n) is 8.83. The van der Waals surface area contributed by atoms with Gasteiger partial charge in [0.15, 0.2) is 0 Å². The van der Waals surface area contributed by atoms with E-state index in [0.717, 1.165) is 12.1 Å². The molecular formula is C10H14N2O3S. The zero-order valence-corrected chi connectivity index (χ0v) is 9.65. The molecule has 0 bridgehead atoms. The van der Waals surface area contributed by atoms with E-state index in [-0.39, 0.29) is 6.04 Å². The average molecular weight is 242 g/mol. The van der Waals surface area contributed by atoms with Gasteiger partial charge in [-0.1, -0.05) is 0 Å². The summed E-state index contributed by atoms with van der Waals surface area (Å²) in [6, 6.07) is -0.109. The van der Waals surface area contributed by atoms with Gasteiger partial charge in [-0.2, -0.15) is 0 Å². The quantitative estimate of drug-likeness (QED) is 0.852. The van der Waals surface area contributed by atoms with Gasteiger partial charge in [-0.3, -0.25) is 0 Å². The third kappa shape index (κ3) is 2.70. The summed E-state index contributed by atoms with van der Waals surface area (Å²) in [6.07, 6.45) is 0.529. The van der Waals surface area contributed by atoms with Crippen LogP contribution in [0.2, 0.25) is 0 Å². The molecule has 1 aliphatic rings. The topological polar surface area (TPSA) is 62.7 Å². The molecular weight excluding hydrogens is 228 g/mol. The Balaban J connectivity index is 2.05. The molecule has 16 heavy (non-hydrogen) atoms. The number of rotatable bonds is 2. The second-order valence-electron chi connectivity index (χ2n) is 3.74. The lowest BCUT2D eigenvalue weighted by Crippen LogP contribution is -2.42. The van der Waals surface area contributed by atoms with Gasteiger partial charge in [-0.05, 0) is 6.42 Å². The fourth-order valence-corrected chi connectivity index (χ4v) is 2.40. The van der Waals surface area contributed by atoms with E-state index in [1.807, 2.05) is 5.38 Å². The van der Waals surface area contributed by atoms with Crippen LogP contribution in [0.3, 0.4) is 0 Å². The molecule has 0 saturated carbocycles. The molecule has 0 aliphatic carbocycles. The Labute approximate surface area is 97.7 Å². The Hall–Kier alpha value is -1.14. The number of nitrogens with zero attached hydrogens (tertiary/aromatic N) is 2. The molecule has 88 valence electrons. The molecule has 6 heteroatoms. The highest BCUT2D eigenvalue weighted by molar-refractivity contribution is 7.07. The second kappa shape index (κ2) is 5.27. The summed E-state index contributed by atoms with van der Waals surface area (Å²) in [5.74, 6) is 0. The molecule has 1 aromatic rings. The van der Waals surface area contributed by atoms with Crippen molar-refractivity contribution in [2.75, 3.05) is 19.8 Å². The normalized spacial score (nSPS) is 21.8. The summed E-state index contributed by atoms with van der Waals surface area (Å²) < 4.78 is 5.41. The van der Waals surface area contributed by atoms with E-state index in [1.54, 1.807) is 5.51 Å². The predicted octanol–water partition coefficient (Wildman–Crippen LogP) is 1.45. The standard InChI is InChI=1S/C10H14N2O3S/c13-10(14)12-2-1-3-15-5-9(12)4-8-6-16-7-11-8/h6-7,9H,1-5H2,(H,13,14). The molecule has 1 saturated heterocycles. The molecule has 1 N–H and O–H groups in total. The molecule has 2 heterocycles. The van der Waals surface area contributed by atoms with E-state index in [2.05, 4.69) is 4.98 Å². The lowest BCUT2D eigenvalue weighted by atomic mass is 10.1. The second-order valence-corrected chi connectivity index (χ2v) is 4.46. The Kier molecular flexibility index (Phi) is 3.74. The van der Waals surface area contributed by atoms with Gasteiger partial charge in [0, 0.05) is 25.0 Å². The van der Waals surface area contributed by atoms with Gasteiger partial charge < -0.3 is 14.7 Å². The molecule has 1 aliphatic heterocycles. The van der Waals surface area contributed by atoms with Crippen molar-refractivity contribution in [3.8, 4) is 0 Å². The van der Waals surface area contributed by atoms with E-state index in [1.165, 1.54) is 16.2 Å². The maximum Gasteiger partial charge on any atom is 0.407 e. The highest BCUT2D eigenvalue weighted by Crippen LogP contribution is 2.13. The van der Waals surface area contributed by atoms with Crippen LogP contribution in [0, 0.1) is 0 Å². The number of ether oxygens (including phenoxy) is 1. The number of carbonyl (C=O) groups is 1. The predicted molar refractivity (Wildman–Crippen MR) is 59.8 cm³/mol. The third-order valence-corrected chi connectivity index (χ3v) is 3.25. The molecule has 0 spiro atoms. The molecule has 1 atom stereocenters. The first kappa shape index (κ1) is 11.3. The third-order valence-electron chi connectivity index (χ3n) is 2.61. The van der Waals surface area contributed by atoms with Crippen molar-refractivity contribution in [3.63, 3.8) is 0 Å². The van der Waals surface area contributed by atoms with E-state index >= 15 is 0 Å². The van der Waals surface area contributed by atoms with Crippen molar-refractivity contribution in [2.45, 2.75) is 18.9 Å². The Morgan fingerprint density at radius 1 is 1.75 bits per heavy atom. The first-order valence-corrected chi connectivity index (χ1v) is 6.16. The average Bonchev–Trinajstić information content (AvgIpc) is 2.63. The van der Waals surface area contributed by atoms with Gasteiger partial charge in [-0.15, -0.1) is 11.3 Å². The first-order valence-electron chi connectivity index (χ1n) is 5.22. The van der Waals surface area contributed by atoms with E-state index in [9.17, 15) is 4.79 Å². The van der Waals surface area contributed by atoms with Gasteiger partial charge in [0.1, 0.15) is 0 Å². The van der Waals surface area contributed by atoms with Crippen molar-refractivity contribution < 1.29 is 14.6 Å². The Bertz CT molecular complexity index is 342. The van der Waals surface area contributed by atoms with Gasteiger partial charge in [0.2, 0.25) is 0 Å². The van der Waals surface area contributed by atoms with Gasteiger partial charge >= 0.3 is 6.09 Å². The smallest absolute Gasteiger partial charge is 0.407 e. The lowest BCUT2D eigenvalue weighted by molar-refractivity contribution is 0.0902. The van der Waals surface area contributed by atoms with Gasteiger partial charge in [-0.25, -0.2) is 9.78 Å². The van der Waals surface area contributed by atoms with Crippen molar-refractivity contribution >= 4 is 17.4 Å². The maximum atomic E-state index is 11.1. The largest absolute Gasteiger partial charge is 0.465 e. The SMILES string of the molecule is O=C(O)N1CCCOCC1Cc1cscn1. The van der Waals surface area contributed by atoms with Crippen LogP contribution in [0.25, 0.3) is 0 Å². The number of aromatic nitrogens is 1. The minimum absolute atomic E-state index is 0.109. The lowest BCUT2D eigenvalue weighted by Gasteiger charge is -2.25. The van der Waals surface area contributed by atoms with Gasteiger partial charge in [0.25, 0.3) is 0 Å². The molecule has 1 amide bonds. The van der Waals surface area contributed by atoms with Crippen LogP contribution in [0.1, 0.15) is 12.1 Å². The monoisotopic (exact) mass is 242 g/mol. The Morgan fingerprint density at radius 3 is 3.31 bits per heavy atom. The van der Waals surface area contributed by atoms with E-state index in [0.29, 0.717) is 26.2 Å². The summed E-state index contributed by atoms with van der Waals surface area (Å²) in [5, 5.41) is 11.1. The van der Waals surface area contributed by atoms with Crippen LogP contribution in [-0.4, -0.2) is 46.9 Å². The van der Waals surface area contributed by atoms with Crippen molar-refractivity contribution in [3.05, 3.63) is 16.6 Å².